The minimum Gasteiger partial charge on any atom is -0.483 e. The van der Waals surface area contributed by atoms with Gasteiger partial charge in [0.15, 0.2) is 11.7 Å². The van der Waals surface area contributed by atoms with Crippen LogP contribution in [0, 0.1) is 6.92 Å². The van der Waals surface area contributed by atoms with Gasteiger partial charge in [-0.05, 0) is 47.8 Å². The van der Waals surface area contributed by atoms with E-state index < -0.39 is 0 Å². The van der Waals surface area contributed by atoms with E-state index in [1.165, 1.54) is 0 Å². The Kier molecular flexibility index (Phi) is 7.41. The first kappa shape index (κ1) is 19.7. The zero-order valence-corrected chi connectivity index (χ0v) is 16.2. The number of ether oxygens (including phenoxy) is 1. The van der Waals surface area contributed by atoms with E-state index in [2.05, 4.69) is 30.0 Å². The Balaban J connectivity index is 1.75. The van der Waals surface area contributed by atoms with Gasteiger partial charge in [-0.3, -0.25) is 15.6 Å². The monoisotopic (exact) mass is 371 g/mol. The number of hydrogen-bond acceptors (Lipinski definition) is 3. The Morgan fingerprint density at radius 1 is 1.12 bits per heavy atom. The predicted octanol–water partition coefficient (Wildman–Crippen LogP) is 3.19. The maximum Gasteiger partial charge on any atom is 0.276 e. The van der Waals surface area contributed by atoms with E-state index in [0.29, 0.717) is 17.6 Å². The van der Waals surface area contributed by atoms with E-state index >= 15 is 0 Å². The van der Waals surface area contributed by atoms with Crippen LogP contribution >= 0.6 is 12.2 Å². The van der Waals surface area contributed by atoms with Crippen LogP contribution in [0.1, 0.15) is 36.5 Å². The first-order valence-corrected chi connectivity index (χ1v) is 8.96. The normalized spacial score (nSPS) is 10.3. The number of nitrogens with one attached hydrogen (secondary N) is 3. The van der Waals surface area contributed by atoms with Gasteiger partial charge in [-0.2, -0.15) is 0 Å². The van der Waals surface area contributed by atoms with Crippen LogP contribution in [0.3, 0.4) is 0 Å². The van der Waals surface area contributed by atoms with Crippen molar-refractivity contribution >= 4 is 23.2 Å². The molecular weight excluding hydrogens is 346 g/mol. The number of aryl methyl sites for hydroxylation is 1. The van der Waals surface area contributed by atoms with Crippen molar-refractivity contribution < 1.29 is 9.53 Å². The zero-order chi connectivity index (χ0) is 18.9. The highest BCUT2D eigenvalue weighted by atomic mass is 32.1. The summed E-state index contributed by atoms with van der Waals surface area (Å²) in [7, 11) is 0. The molecule has 2 aromatic carbocycles. The molecule has 0 saturated heterocycles. The van der Waals surface area contributed by atoms with Gasteiger partial charge in [0.2, 0.25) is 0 Å². The lowest BCUT2D eigenvalue weighted by atomic mass is 10.0. The lowest BCUT2D eigenvalue weighted by molar-refractivity contribution is -0.123. The molecule has 0 radical (unpaired) electrons. The number of hydrogen-bond donors (Lipinski definition) is 3. The van der Waals surface area contributed by atoms with Gasteiger partial charge in [0.1, 0.15) is 5.75 Å². The minimum atomic E-state index is -0.301. The molecule has 2 rings (SSSR count). The van der Waals surface area contributed by atoms with Crippen molar-refractivity contribution in [1.29, 1.82) is 0 Å². The molecule has 0 spiro atoms. The molecule has 0 saturated carbocycles. The molecule has 1 amide bonds. The highest BCUT2D eigenvalue weighted by molar-refractivity contribution is 7.80. The molecule has 0 fully saturated rings. The van der Waals surface area contributed by atoms with E-state index in [-0.39, 0.29) is 12.5 Å². The molecule has 0 heterocycles. The largest absolute Gasteiger partial charge is 0.483 e. The molecule has 0 bridgehead atoms. The van der Waals surface area contributed by atoms with E-state index in [4.69, 9.17) is 17.0 Å². The van der Waals surface area contributed by atoms with Crippen molar-refractivity contribution in [2.75, 3.05) is 6.61 Å². The van der Waals surface area contributed by atoms with E-state index in [0.717, 1.165) is 22.4 Å². The third-order valence-electron chi connectivity index (χ3n) is 3.76. The van der Waals surface area contributed by atoms with Crippen LogP contribution in [0.25, 0.3) is 0 Å². The molecule has 0 aromatic heterocycles. The summed E-state index contributed by atoms with van der Waals surface area (Å²) < 4.78 is 5.69. The van der Waals surface area contributed by atoms with Gasteiger partial charge in [0.05, 0.1) is 0 Å². The van der Waals surface area contributed by atoms with Crippen LogP contribution in [-0.2, 0) is 11.3 Å². The second-order valence-corrected chi connectivity index (χ2v) is 6.73. The van der Waals surface area contributed by atoms with Crippen LogP contribution in [0.2, 0.25) is 0 Å². The fourth-order valence-electron chi connectivity index (χ4n) is 2.37. The van der Waals surface area contributed by atoms with Gasteiger partial charge in [-0.15, -0.1) is 0 Å². The van der Waals surface area contributed by atoms with Crippen LogP contribution in [-0.4, -0.2) is 17.6 Å². The summed E-state index contributed by atoms with van der Waals surface area (Å²) in [5, 5.41) is 3.37. The summed E-state index contributed by atoms with van der Waals surface area (Å²) in [6, 6.07) is 15.9. The summed E-state index contributed by atoms with van der Waals surface area (Å²) >= 11 is 5.14. The maximum absolute atomic E-state index is 12.0. The van der Waals surface area contributed by atoms with Gasteiger partial charge in [-0.25, -0.2) is 0 Å². The standard InChI is InChI=1S/C20H25N3O2S/c1-14(2)17-10-9-15(3)11-18(17)25-13-19(24)22-23-20(26)21-12-16-7-5-4-6-8-16/h4-11,14H,12-13H2,1-3H3,(H,22,24)(H2,21,23,26). The van der Waals surface area contributed by atoms with Crippen molar-refractivity contribution in [3.8, 4) is 5.75 Å². The fourth-order valence-corrected chi connectivity index (χ4v) is 2.50. The highest BCUT2D eigenvalue weighted by Gasteiger charge is 2.10. The average Bonchev–Trinajstić information content (AvgIpc) is 2.63. The summed E-state index contributed by atoms with van der Waals surface area (Å²) in [6.45, 7) is 6.68. The van der Waals surface area contributed by atoms with Crippen molar-refractivity contribution in [2.24, 2.45) is 0 Å². The van der Waals surface area contributed by atoms with Gasteiger partial charge in [0.25, 0.3) is 5.91 Å². The van der Waals surface area contributed by atoms with Crippen molar-refractivity contribution in [3.63, 3.8) is 0 Å². The molecule has 2 aromatic rings. The molecule has 3 N–H and O–H groups in total. The van der Waals surface area contributed by atoms with Crippen LogP contribution in [0.5, 0.6) is 5.75 Å². The van der Waals surface area contributed by atoms with Gasteiger partial charge >= 0.3 is 0 Å². The van der Waals surface area contributed by atoms with E-state index in [1.54, 1.807) is 0 Å². The van der Waals surface area contributed by atoms with Crippen molar-refractivity contribution in [2.45, 2.75) is 33.2 Å². The van der Waals surface area contributed by atoms with E-state index in [9.17, 15) is 4.79 Å². The van der Waals surface area contributed by atoms with Crippen molar-refractivity contribution in [3.05, 3.63) is 65.2 Å². The Morgan fingerprint density at radius 3 is 2.54 bits per heavy atom. The average molecular weight is 372 g/mol. The molecule has 5 nitrogen and oxygen atoms in total. The smallest absolute Gasteiger partial charge is 0.276 e. The number of carbonyl (C=O) groups excluding carboxylic acids is 1. The summed E-state index contributed by atoms with van der Waals surface area (Å²) in [5.41, 5.74) is 8.49. The Bertz CT molecular complexity index is 748. The third kappa shape index (κ3) is 6.37. The van der Waals surface area contributed by atoms with Crippen LogP contribution in [0.15, 0.2) is 48.5 Å². The SMILES string of the molecule is Cc1ccc(C(C)C)c(OCC(=O)NNC(=S)NCc2ccccc2)c1. The topological polar surface area (TPSA) is 62.4 Å². The number of thiocarbonyl (C=S) groups is 1. The summed E-state index contributed by atoms with van der Waals surface area (Å²) in [4.78, 5) is 12.0. The number of amides is 1. The second-order valence-electron chi connectivity index (χ2n) is 6.33. The van der Waals surface area contributed by atoms with Crippen LogP contribution < -0.4 is 20.9 Å². The van der Waals surface area contributed by atoms with Gasteiger partial charge in [0, 0.05) is 6.54 Å². The number of rotatable bonds is 6. The van der Waals surface area contributed by atoms with Crippen LogP contribution in [0.4, 0.5) is 0 Å². The molecule has 0 aliphatic carbocycles. The van der Waals surface area contributed by atoms with Gasteiger partial charge < -0.3 is 10.1 Å². The molecule has 0 aliphatic heterocycles. The molecule has 26 heavy (non-hydrogen) atoms. The number of carbonyl (C=O) groups is 1. The number of hydrazine groups is 1. The highest BCUT2D eigenvalue weighted by Crippen LogP contribution is 2.27. The molecular formula is C20H25N3O2S. The Labute approximate surface area is 160 Å². The predicted molar refractivity (Wildman–Crippen MR) is 108 cm³/mol. The molecule has 138 valence electrons. The summed E-state index contributed by atoms with van der Waals surface area (Å²) in [6.07, 6.45) is 0. The lowest BCUT2D eigenvalue weighted by Crippen LogP contribution is -2.48. The first-order valence-electron chi connectivity index (χ1n) is 8.55. The van der Waals surface area contributed by atoms with E-state index in [1.807, 2.05) is 55.5 Å². The lowest BCUT2D eigenvalue weighted by Gasteiger charge is -2.15. The Hall–Kier alpha value is -2.60. The first-order chi connectivity index (χ1) is 12.5. The molecule has 0 atom stereocenters. The molecule has 6 heteroatoms. The zero-order valence-electron chi connectivity index (χ0n) is 15.3. The number of benzene rings is 2. The fraction of sp³-hybridized carbons (Fsp3) is 0.300. The Morgan fingerprint density at radius 2 is 1.85 bits per heavy atom. The third-order valence-corrected chi connectivity index (χ3v) is 4.01. The minimum absolute atomic E-state index is 0.0858. The van der Waals surface area contributed by atoms with Gasteiger partial charge in [-0.1, -0.05) is 56.3 Å². The van der Waals surface area contributed by atoms with Crippen molar-refractivity contribution in [1.82, 2.24) is 16.2 Å². The molecule has 0 unspecified atom stereocenters. The second kappa shape index (κ2) is 9.77. The maximum atomic E-state index is 12.0. The quantitative estimate of drug-likeness (QED) is 0.538. The summed E-state index contributed by atoms with van der Waals surface area (Å²) in [5.74, 6) is 0.756. The molecule has 0 aliphatic rings.